The molecule has 12 heavy (non-hydrogen) atoms. The van der Waals surface area contributed by atoms with E-state index in [0.29, 0.717) is 0 Å². The van der Waals surface area contributed by atoms with Gasteiger partial charge in [-0.2, -0.15) is 11.8 Å². The van der Waals surface area contributed by atoms with Crippen LogP contribution in [0.4, 0.5) is 0 Å². The van der Waals surface area contributed by atoms with Crippen LogP contribution < -0.4 is 11.1 Å². The van der Waals surface area contributed by atoms with Crippen molar-refractivity contribution in [2.75, 3.05) is 18.6 Å². The number of amides is 1. The molecular formula is C8H18N2OS. The van der Waals surface area contributed by atoms with Crippen LogP contribution in [0, 0.1) is 0 Å². The topological polar surface area (TPSA) is 55.1 Å². The fourth-order valence-electron chi connectivity index (χ4n) is 0.995. The van der Waals surface area contributed by atoms with Gasteiger partial charge in [-0.25, -0.2) is 0 Å². The van der Waals surface area contributed by atoms with E-state index in [9.17, 15) is 4.79 Å². The fraction of sp³-hybridized carbons (Fsp3) is 0.875. The van der Waals surface area contributed by atoms with Crippen LogP contribution in [0.3, 0.4) is 0 Å². The Kier molecular flexibility index (Phi) is 5.33. The molecule has 0 saturated carbocycles. The van der Waals surface area contributed by atoms with Crippen molar-refractivity contribution in [2.24, 2.45) is 5.73 Å². The van der Waals surface area contributed by atoms with Gasteiger partial charge in [-0.1, -0.05) is 6.92 Å². The first kappa shape index (κ1) is 11.8. The highest BCUT2D eigenvalue weighted by Crippen LogP contribution is 2.11. The minimum Gasteiger partial charge on any atom is -0.368 e. The van der Waals surface area contributed by atoms with Crippen LogP contribution in [0.25, 0.3) is 0 Å². The molecule has 0 bridgehead atoms. The average molecular weight is 190 g/mol. The molecule has 0 saturated heterocycles. The molecule has 0 aliphatic rings. The summed E-state index contributed by atoms with van der Waals surface area (Å²) in [7, 11) is 0. The number of primary amides is 1. The van der Waals surface area contributed by atoms with E-state index < -0.39 is 5.54 Å². The number of carbonyl (C=O) groups excluding carboxylic acids is 1. The van der Waals surface area contributed by atoms with E-state index in [1.165, 1.54) is 0 Å². The monoisotopic (exact) mass is 190 g/mol. The van der Waals surface area contributed by atoms with Crippen LogP contribution in [0.1, 0.15) is 20.3 Å². The second-order valence-electron chi connectivity index (χ2n) is 2.97. The lowest BCUT2D eigenvalue weighted by atomic mass is 9.98. The Morgan fingerprint density at radius 3 is 2.58 bits per heavy atom. The second kappa shape index (κ2) is 5.43. The minimum absolute atomic E-state index is 0.265. The molecule has 0 rings (SSSR count). The van der Waals surface area contributed by atoms with E-state index in [2.05, 4.69) is 5.32 Å². The van der Waals surface area contributed by atoms with E-state index in [1.807, 2.05) is 20.1 Å². The number of likely N-dealkylation sites (N-methyl/N-ethyl adjacent to an activating group) is 1. The zero-order chi connectivity index (χ0) is 9.61. The van der Waals surface area contributed by atoms with Gasteiger partial charge in [-0.15, -0.1) is 0 Å². The van der Waals surface area contributed by atoms with Gasteiger partial charge in [0, 0.05) is 0 Å². The van der Waals surface area contributed by atoms with E-state index in [4.69, 9.17) is 5.73 Å². The summed E-state index contributed by atoms with van der Waals surface area (Å²) in [6, 6.07) is 0. The SMILES string of the molecule is CCNC(C)(CCSC)C(N)=O. The average Bonchev–Trinajstić information content (AvgIpc) is 2.01. The smallest absolute Gasteiger partial charge is 0.237 e. The van der Waals surface area contributed by atoms with Gasteiger partial charge in [0.25, 0.3) is 0 Å². The summed E-state index contributed by atoms with van der Waals surface area (Å²) in [4.78, 5) is 11.1. The van der Waals surface area contributed by atoms with E-state index >= 15 is 0 Å². The summed E-state index contributed by atoms with van der Waals surface area (Å²) in [5.41, 5.74) is 4.76. The molecule has 1 atom stereocenters. The van der Waals surface area contributed by atoms with Gasteiger partial charge in [0.2, 0.25) is 5.91 Å². The number of carbonyl (C=O) groups is 1. The molecule has 1 amide bonds. The van der Waals surface area contributed by atoms with Crippen molar-refractivity contribution in [3.05, 3.63) is 0 Å². The Morgan fingerprint density at radius 2 is 2.25 bits per heavy atom. The number of rotatable bonds is 6. The fourth-order valence-corrected chi connectivity index (χ4v) is 1.61. The lowest BCUT2D eigenvalue weighted by Gasteiger charge is -2.26. The molecule has 4 heteroatoms. The lowest BCUT2D eigenvalue weighted by molar-refractivity contribution is -0.123. The van der Waals surface area contributed by atoms with Gasteiger partial charge in [0.15, 0.2) is 0 Å². The number of hydrogen-bond acceptors (Lipinski definition) is 3. The molecule has 0 radical (unpaired) electrons. The van der Waals surface area contributed by atoms with Crippen molar-refractivity contribution in [2.45, 2.75) is 25.8 Å². The molecule has 3 nitrogen and oxygen atoms in total. The number of thioether (sulfide) groups is 1. The van der Waals surface area contributed by atoms with Crippen LogP contribution in [-0.4, -0.2) is 30.0 Å². The number of nitrogens with two attached hydrogens (primary N) is 1. The quantitative estimate of drug-likeness (QED) is 0.644. The summed E-state index contributed by atoms with van der Waals surface area (Å²) in [5, 5.41) is 3.11. The molecule has 0 aliphatic heterocycles. The Hall–Kier alpha value is -0.220. The molecule has 72 valence electrons. The first-order chi connectivity index (χ1) is 5.56. The standard InChI is InChI=1S/C8H18N2OS/c1-4-10-8(2,7(9)11)5-6-12-3/h10H,4-6H2,1-3H3,(H2,9,11). The molecule has 0 aliphatic carbocycles. The molecule has 0 spiro atoms. The Morgan fingerprint density at radius 1 is 1.67 bits per heavy atom. The summed E-state index contributed by atoms with van der Waals surface area (Å²) in [6.07, 6.45) is 2.81. The van der Waals surface area contributed by atoms with E-state index in [1.54, 1.807) is 11.8 Å². The van der Waals surface area contributed by atoms with Crippen molar-refractivity contribution in [1.82, 2.24) is 5.32 Å². The third-order valence-corrected chi connectivity index (χ3v) is 2.53. The van der Waals surface area contributed by atoms with Gasteiger partial charge < -0.3 is 11.1 Å². The molecular weight excluding hydrogens is 172 g/mol. The first-order valence-corrected chi connectivity index (χ1v) is 5.50. The highest BCUT2D eigenvalue weighted by atomic mass is 32.2. The van der Waals surface area contributed by atoms with Gasteiger partial charge in [0.05, 0.1) is 5.54 Å². The molecule has 1 unspecified atom stereocenters. The van der Waals surface area contributed by atoms with E-state index in [-0.39, 0.29) is 5.91 Å². The maximum Gasteiger partial charge on any atom is 0.237 e. The van der Waals surface area contributed by atoms with Crippen LogP contribution in [0.5, 0.6) is 0 Å². The van der Waals surface area contributed by atoms with Crippen molar-refractivity contribution >= 4 is 17.7 Å². The molecule has 3 N–H and O–H groups in total. The second-order valence-corrected chi connectivity index (χ2v) is 3.96. The Bertz CT molecular complexity index is 152. The third kappa shape index (κ3) is 3.45. The predicted octanol–water partition coefficient (Wildman–Crippen LogP) is 0.593. The Labute approximate surface area is 78.5 Å². The van der Waals surface area contributed by atoms with Crippen molar-refractivity contribution < 1.29 is 4.79 Å². The molecule has 0 heterocycles. The van der Waals surface area contributed by atoms with Gasteiger partial charge in [0.1, 0.15) is 0 Å². The van der Waals surface area contributed by atoms with Crippen LogP contribution >= 0.6 is 11.8 Å². The maximum absolute atomic E-state index is 11.1. The van der Waals surface area contributed by atoms with E-state index in [0.717, 1.165) is 18.7 Å². The third-order valence-electron chi connectivity index (χ3n) is 1.92. The normalized spacial score (nSPS) is 15.6. The largest absolute Gasteiger partial charge is 0.368 e. The minimum atomic E-state index is -0.530. The highest BCUT2D eigenvalue weighted by molar-refractivity contribution is 7.98. The zero-order valence-corrected chi connectivity index (χ0v) is 8.83. The summed E-state index contributed by atoms with van der Waals surface area (Å²) in [5.74, 6) is 0.685. The van der Waals surface area contributed by atoms with Gasteiger partial charge >= 0.3 is 0 Å². The van der Waals surface area contributed by atoms with Crippen molar-refractivity contribution in [3.8, 4) is 0 Å². The summed E-state index contributed by atoms with van der Waals surface area (Å²) < 4.78 is 0. The maximum atomic E-state index is 11.1. The number of nitrogens with one attached hydrogen (secondary N) is 1. The van der Waals surface area contributed by atoms with Gasteiger partial charge in [-0.3, -0.25) is 4.79 Å². The van der Waals surface area contributed by atoms with Crippen LogP contribution in [-0.2, 0) is 4.79 Å². The lowest BCUT2D eigenvalue weighted by Crippen LogP contribution is -2.53. The van der Waals surface area contributed by atoms with Crippen molar-refractivity contribution in [3.63, 3.8) is 0 Å². The van der Waals surface area contributed by atoms with Crippen LogP contribution in [0.2, 0.25) is 0 Å². The Balaban J connectivity index is 4.08. The summed E-state index contributed by atoms with van der Waals surface area (Å²) >= 11 is 1.72. The molecule has 0 aromatic carbocycles. The number of hydrogen-bond donors (Lipinski definition) is 2. The van der Waals surface area contributed by atoms with Crippen LogP contribution in [0.15, 0.2) is 0 Å². The molecule has 0 aromatic rings. The predicted molar refractivity (Wildman–Crippen MR) is 54.3 cm³/mol. The highest BCUT2D eigenvalue weighted by Gasteiger charge is 2.28. The van der Waals surface area contributed by atoms with Gasteiger partial charge in [-0.05, 0) is 31.9 Å². The molecule has 0 aromatic heterocycles. The molecule has 0 fully saturated rings. The zero-order valence-electron chi connectivity index (χ0n) is 8.02. The first-order valence-electron chi connectivity index (χ1n) is 4.10. The van der Waals surface area contributed by atoms with Crippen molar-refractivity contribution in [1.29, 1.82) is 0 Å². The summed E-state index contributed by atoms with van der Waals surface area (Å²) in [6.45, 7) is 4.60.